The van der Waals surface area contributed by atoms with E-state index in [-0.39, 0.29) is 0 Å². The standard InChI is InChI=1S/C26H36/c1-13-15(3)19(7)25(20(8)16(13)4)23(11)24(12)26-21(9)17(5)14(2)18(6)22(26)10/h1-12H3/b24-23-. The van der Waals surface area contributed by atoms with Crippen LogP contribution in [-0.2, 0) is 0 Å². The molecule has 0 amide bonds. The van der Waals surface area contributed by atoms with Gasteiger partial charge in [-0.1, -0.05) is 0 Å². The summed E-state index contributed by atoms with van der Waals surface area (Å²) in [6.07, 6.45) is 0. The highest BCUT2D eigenvalue weighted by Crippen LogP contribution is 2.38. The molecular formula is C26H36. The number of rotatable bonds is 2. The van der Waals surface area contributed by atoms with Gasteiger partial charge in [0.2, 0.25) is 0 Å². The predicted octanol–water partition coefficient (Wildman–Crippen LogP) is 7.72. The first kappa shape index (κ1) is 20.5. The lowest BCUT2D eigenvalue weighted by atomic mass is 9.81. The van der Waals surface area contributed by atoms with Crippen molar-refractivity contribution < 1.29 is 0 Å². The molecule has 140 valence electrons. The first-order chi connectivity index (χ1) is 11.9. The summed E-state index contributed by atoms with van der Waals surface area (Å²) in [5.41, 5.74) is 20.0. The molecule has 0 heterocycles. The molecule has 0 aromatic heterocycles. The van der Waals surface area contributed by atoms with Crippen molar-refractivity contribution in [3.63, 3.8) is 0 Å². The van der Waals surface area contributed by atoms with Gasteiger partial charge in [-0.25, -0.2) is 0 Å². The van der Waals surface area contributed by atoms with Crippen molar-refractivity contribution in [1.29, 1.82) is 0 Å². The quantitative estimate of drug-likeness (QED) is 0.487. The molecule has 0 spiro atoms. The van der Waals surface area contributed by atoms with E-state index in [4.69, 9.17) is 0 Å². The summed E-state index contributed by atoms with van der Waals surface area (Å²) in [5.74, 6) is 0. The lowest BCUT2D eigenvalue weighted by Gasteiger charge is -2.24. The van der Waals surface area contributed by atoms with Crippen molar-refractivity contribution in [2.45, 2.75) is 83.1 Å². The van der Waals surface area contributed by atoms with Gasteiger partial charge in [0.05, 0.1) is 0 Å². The molecule has 2 aromatic rings. The first-order valence-corrected chi connectivity index (χ1v) is 9.75. The second-order valence-electron chi connectivity index (χ2n) is 8.25. The Labute approximate surface area is 161 Å². The van der Waals surface area contributed by atoms with Gasteiger partial charge in [0.25, 0.3) is 0 Å². The SMILES string of the molecule is C/C(=C(\C)c1c(C)c(C)c(C)c(C)c1C)c1c(C)c(C)c(C)c(C)c1C. The topological polar surface area (TPSA) is 0 Å². The van der Waals surface area contributed by atoms with E-state index in [1.165, 1.54) is 77.9 Å². The third-order valence-corrected chi connectivity index (χ3v) is 7.31. The van der Waals surface area contributed by atoms with Crippen LogP contribution in [-0.4, -0.2) is 0 Å². The molecule has 0 saturated heterocycles. The molecule has 0 radical (unpaired) electrons. The molecule has 0 aliphatic rings. The second kappa shape index (κ2) is 7.06. The van der Waals surface area contributed by atoms with Gasteiger partial charge in [0.1, 0.15) is 0 Å². The summed E-state index contributed by atoms with van der Waals surface area (Å²) in [4.78, 5) is 0. The van der Waals surface area contributed by atoms with Crippen molar-refractivity contribution in [2.24, 2.45) is 0 Å². The van der Waals surface area contributed by atoms with Crippen LogP contribution in [0.25, 0.3) is 11.1 Å². The van der Waals surface area contributed by atoms with Crippen LogP contribution in [0.2, 0.25) is 0 Å². The Balaban J connectivity index is 2.91. The van der Waals surface area contributed by atoms with Crippen LogP contribution in [0, 0.1) is 69.2 Å². The molecule has 2 aromatic carbocycles. The molecule has 26 heavy (non-hydrogen) atoms. The lowest BCUT2D eigenvalue weighted by molar-refractivity contribution is 1.15. The maximum atomic E-state index is 2.31. The van der Waals surface area contributed by atoms with E-state index in [1.54, 1.807) is 0 Å². The zero-order valence-electron chi connectivity index (χ0n) is 19.0. The summed E-state index contributed by atoms with van der Waals surface area (Å²) in [6.45, 7) is 27.3. The minimum Gasteiger partial charge on any atom is -0.0447 e. The number of benzene rings is 2. The van der Waals surface area contributed by atoms with E-state index in [0.717, 1.165) is 0 Å². The summed E-state index contributed by atoms with van der Waals surface area (Å²) in [6, 6.07) is 0. The lowest BCUT2D eigenvalue weighted by Crippen LogP contribution is -2.05. The third-order valence-electron chi connectivity index (χ3n) is 7.31. The highest BCUT2D eigenvalue weighted by molar-refractivity contribution is 5.93. The van der Waals surface area contributed by atoms with Crippen LogP contribution in [0.5, 0.6) is 0 Å². The molecular weight excluding hydrogens is 312 g/mol. The first-order valence-electron chi connectivity index (χ1n) is 9.75. The largest absolute Gasteiger partial charge is 0.0447 e. The van der Waals surface area contributed by atoms with Crippen molar-refractivity contribution >= 4 is 11.1 Å². The minimum atomic E-state index is 1.42. The van der Waals surface area contributed by atoms with Crippen LogP contribution in [0.3, 0.4) is 0 Å². The average Bonchev–Trinajstić information content (AvgIpc) is 2.61. The van der Waals surface area contributed by atoms with E-state index in [1.807, 2.05) is 0 Å². The molecule has 0 N–H and O–H groups in total. The normalized spacial score (nSPS) is 12.5. The van der Waals surface area contributed by atoms with Crippen molar-refractivity contribution in [2.75, 3.05) is 0 Å². The Morgan fingerprint density at radius 2 is 0.462 bits per heavy atom. The minimum absolute atomic E-state index is 1.42. The van der Waals surface area contributed by atoms with Gasteiger partial charge >= 0.3 is 0 Å². The van der Waals surface area contributed by atoms with Crippen LogP contribution in [0.15, 0.2) is 0 Å². The fraction of sp³-hybridized carbons (Fsp3) is 0.462. The van der Waals surface area contributed by atoms with Crippen molar-refractivity contribution in [3.8, 4) is 0 Å². The zero-order chi connectivity index (χ0) is 20.1. The Morgan fingerprint density at radius 3 is 0.654 bits per heavy atom. The van der Waals surface area contributed by atoms with Crippen LogP contribution >= 0.6 is 0 Å². The molecule has 2 rings (SSSR count). The van der Waals surface area contributed by atoms with Gasteiger partial charge in [0, 0.05) is 0 Å². The Morgan fingerprint density at radius 1 is 0.308 bits per heavy atom. The third kappa shape index (κ3) is 2.94. The molecule has 0 heteroatoms. The van der Waals surface area contributed by atoms with Gasteiger partial charge in [-0.05, 0) is 161 Å². The molecule has 0 nitrogen and oxygen atoms in total. The molecule has 0 atom stereocenters. The predicted molar refractivity (Wildman–Crippen MR) is 118 cm³/mol. The fourth-order valence-electron chi connectivity index (χ4n) is 4.50. The molecule has 0 bridgehead atoms. The van der Waals surface area contributed by atoms with Crippen molar-refractivity contribution in [1.82, 2.24) is 0 Å². The molecule has 0 saturated carbocycles. The average molecular weight is 349 g/mol. The maximum Gasteiger partial charge on any atom is -0.0160 e. The van der Waals surface area contributed by atoms with Gasteiger partial charge in [-0.3, -0.25) is 0 Å². The van der Waals surface area contributed by atoms with Gasteiger partial charge in [0.15, 0.2) is 0 Å². The fourth-order valence-corrected chi connectivity index (χ4v) is 4.50. The van der Waals surface area contributed by atoms with Crippen molar-refractivity contribution in [3.05, 3.63) is 66.8 Å². The van der Waals surface area contributed by atoms with E-state index >= 15 is 0 Å². The van der Waals surface area contributed by atoms with E-state index in [9.17, 15) is 0 Å². The second-order valence-corrected chi connectivity index (χ2v) is 8.25. The van der Waals surface area contributed by atoms with E-state index in [2.05, 4.69) is 83.1 Å². The summed E-state index contributed by atoms with van der Waals surface area (Å²) in [5, 5.41) is 0. The number of allylic oxidation sites excluding steroid dienone is 2. The molecule has 0 fully saturated rings. The summed E-state index contributed by atoms with van der Waals surface area (Å²) in [7, 11) is 0. The van der Waals surface area contributed by atoms with Gasteiger partial charge < -0.3 is 0 Å². The Hall–Kier alpha value is -1.82. The molecule has 0 unspecified atom stereocenters. The summed E-state index contributed by atoms with van der Waals surface area (Å²) < 4.78 is 0. The highest BCUT2D eigenvalue weighted by Gasteiger charge is 2.19. The van der Waals surface area contributed by atoms with Gasteiger partial charge in [-0.2, -0.15) is 0 Å². The highest BCUT2D eigenvalue weighted by atomic mass is 14.2. The maximum absolute atomic E-state index is 2.31. The smallest absolute Gasteiger partial charge is 0.0160 e. The summed E-state index contributed by atoms with van der Waals surface area (Å²) >= 11 is 0. The molecule has 0 aliphatic carbocycles. The van der Waals surface area contributed by atoms with Crippen LogP contribution in [0.4, 0.5) is 0 Å². The van der Waals surface area contributed by atoms with E-state index < -0.39 is 0 Å². The van der Waals surface area contributed by atoms with Gasteiger partial charge in [-0.15, -0.1) is 0 Å². The number of hydrogen-bond donors (Lipinski definition) is 0. The van der Waals surface area contributed by atoms with E-state index in [0.29, 0.717) is 0 Å². The Kier molecular flexibility index (Phi) is 5.57. The zero-order valence-corrected chi connectivity index (χ0v) is 19.0. The number of hydrogen-bond acceptors (Lipinski definition) is 0. The molecule has 0 aliphatic heterocycles. The van der Waals surface area contributed by atoms with Crippen LogP contribution < -0.4 is 0 Å². The monoisotopic (exact) mass is 348 g/mol. The Bertz CT molecular complexity index is 798. The van der Waals surface area contributed by atoms with Crippen LogP contribution in [0.1, 0.15) is 80.6 Å².